The van der Waals surface area contributed by atoms with Gasteiger partial charge in [0.15, 0.2) is 5.11 Å². The normalized spacial score (nSPS) is 16.6. The van der Waals surface area contributed by atoms with Gasteiger partial charge in [-0.2, -0.15) is 0 Å². The molecule has 206 valence electrons. The standard InChI is InChI=1S/C30H32N6O3S/c1-18-11-13-32-26(14-18)35-19(2)15-22(20(35)3)29-28(23-8-6-7-12-31-23)34-30(40)36(29)21-9-10-25(39-5)24(16-21)33-27(37)17-38-4/h6-16,28-29H,17H2,1-5H3,(H,33,37)(H,34,40)/t28-,29-/m0/s1. The highest BCUT2D eigenvalue weighted by atomic mass is 32.1. The Bertz CT molecular complexity index is 1550. The Kier molecular flexibility index (Phi) is 7.81. The molecule has 4 aromatic rings. The molecule has 1 amide bonds. The molecule has 0 spiro atoms. The zero-order valence-corrected chi connectivity index (χ0v) is 24.0. The lowest BCUT2D eigenvalue weighted by atomic mass is 9.96. The number of aromatic nitrogens is 3. The number of methoxy groups -OCH3 is 2. The minimum absolute atomic E-state index is 0.0690. The lowest BCUT2D eigenvalue weighted by molar-refractivity contribution is -0.119. The van der Waals surface area contributed by atoms with Crippen LogP contribution in [0, 0.1) is 20.8 Å². The number of thiocarbonyl (C=S) groups is 1. The summed E-state index contributed by atoms with van der Waals surface area (Å²) >= 11 is 5.93. The number of nitrogens with zero attached hydrogens (tertiary/aromatic N) is 4. The smallest absolute Gasteiger partial charge is 0.250 e. The fourth-order valence-corrected chi connectivity index (χ4v) is 5.64. The van der Waals surface area contributed by atoms with E-state index in [4.69, 9.17) is 21.7 Å². The Morgan fingerprint density at radius 3 is 2.58 bits per heavy atom. The van der Waals surface area contributed by atoms with Gasteiger partial charge in [0.1, 0.15) is 18.2 Å². The second-order valence-corrected chi connectivity index (χ2v) is 10.1. The van der Waals surface area contributed by atoms with Crippen molar-refractivity contribution in [2.45, 2.75) is 32.9 Å². The van der Waals surface area contributed by atoms with Crippen LogP contribution in [0.2, 0.25) is 0 Å². The van der Waals surface area contributed by atoms with E-state index in [2.05, 4.69) is 63.0 Å². The van der Waals surface area contributed by atoms with E-state index in [-0.39, 0.29) is 24.6 Å². The average Bonchev–Trinajstić information content (AvgIpc) is 3.44. The summed E-state index contributed by atoms with van der Waals surface area (Å²) in [6, 6.07) is 17.3. The molecule has 10 heteroatoms. The van der Waals surface area contributed by atoms with Gasteiger partial charge in [-0.1, -0.05) is 6.07 Å². The predicted molar refractivity (Wildman–Crippen MR) is 159 cm³/mol. The van der Waals surface area contributed by atoms with E-state index < -0.39 is 0 Å². The molecule has 1 aliphatic heterocycles. The molecule has 2 N–H and O–H groups in total. The number of hydrogen-bond donors (Lipinski definition) is 2. The third-order valence-electron chi connectivity index (χ3n) is 7.03. The molecule has 3 aromatic heterocycles. The Morgan fingerprint density at radius 1 is 1.05 bits per heavy atom. The summed E-state index contributed by atoms with van der Waals surface area (Å²) in [7, 11) is 3.05. The SMILES string of the molecule is COCC(=O)Nc1cc(N2C(=S)N[C@@H](c3ccccn3)[C@@H]2c2cc(C)n(-c3cc(C)ccn3)c2C)ccc1OC. The van der Waals surface area contributed by atoms with Crippen molar-refractivity contribution < 1.29 is 14.3 Å². The molecule has 5 rings (SSSR count). The van der Waals surface area contributed by atoms with Gasteiger partial charge in [0.25, 0.3) is 0 Å². The highest BCUT2D eigenvalue weighted by Gasteiger charge is 2.42. The van der Waals surface area contributed by atoms with Crippen molar-refractivity contribution in [2.75, 3.05) is 31.0 Å². The van der Waals surface area contributed by atoms with Crippen molar-refractivity contribution >= 4 is 34.6 Å². The van der Waals surface area contributed by atoms with Crippen LogP contribution >= 0.6 is 12.2 Å². The topological polar surface area (TPSA) is 93.5 Å². The van der Waals surface area contributed by atoms with E-state index in [1.54, 1.807) is 13.3 Å². The fourth-order valence-electron chi connectivity index (χ4n) is 5.29. The van der Waals surface area contributed by atoms with Crippen LogP contribution in [0.5, 0.6) is 5.75 Å². The lowest BCUT2D eigenvalue weighted by Crippen LogP contribution is -2.29. The number of pyridine rings is 2. The fraction of sp³-hybridized carbons (Fsp3) is 0.267. The van der Waals surface area contributed by atoms with Crippen LogP contribution < -0.4 is 20.3 Å². The number of aryl methyl sites for hydroxylation is 2. The maximum atomic E-state index is 12.4. The van der Waals surface area contributed by atoms with Gasteiger partial charge < -0.3 is 29.6 Å². The van der Waals surface area contributed by atoms with Crippen LogP contribution in [0.3, 0.4) is 0 Å². The van der Waals surface area contributed by atoms with Gasteiger partial charge in [-0.15, -0.1) is 0 Å². The minimum Gasteiger partial charge on any atom is -0.495 e. The van der Waals surface area contributed by atoms with Crippen molar-refractivity contribution in [2.24, 2.45) is 0 Å². The number of hydrogen-bond acceptors (Lipinski definition) is 6. The van der Waals surface area contributed by atoms with Gasteiger partial charge in [-0.25, -0.2) is 4.98 Å². The summed E-state index contributed by atoms with van der Waals surface area (Å²) in [5, 5.41) is 6.95. The average molecular weight is 557 g/mol. The van der Waals surface area contributed by atoms with Crippen molar-refractivity contribution in [3.8, 4) is 11.6 Å². The quantitative estimate of drug-likeness (QED) is 0.294. The number of amides is 1. The largest absolute Gasteiger partial charge is 0.495 e. The number of nitrogens with one attached hydrogen (secondary N) is 2. The first kappa shape index (κ1) is 27.3. The van der Waals surface area contributed by atoms with Gasteiger partial charge >= 0.3 is 0 Å². The Labute approximate surface area is 239 Å². The van der Waals surface area contributed by atoms with Crippen LogP contribution in [0.15, 0.2) is 67.0 Å². The third-order valence-corrected chi connectivity index (χ3v) is 7.34. The number of carbonyl (C=O) groups is 1. The molecule has 1 aliphatic rings. The summed E-state index contributed by atoms with van der Waals surface area (Å²) in [6.45, 7) is 6.18. The predicted octanol–water partition coefficient (Wildman–Crippen LogP) is 4.96. The first-order chi connectivity index (χ1) is 19.3. The third kappa shape index (κ3) is 5.15. The van der Waals surface area contributed by atoms with Gasteiger partial charge in [-0.3, -0.25) is 9.78 Å². The van der Waals surface area contributed by atoms with Crippen LogP contribution in [0.1, 0.15) is 40.3 Å². The summed E-state index contributed by atoms with van der Waals surface area (Å²) < 4.78 is 12.7. The van der Waals surface area contributed by atoms with Crippen LogP contribution in [0.4, 0.5) is 11.4 Å². The summed E-state index contributed by atoms with van der Waals surface area (Å²) in [4.78, 5) is 23.8. The van der Waals surface area contributed by atoms with Gasteiger partial charge in [0.05, 0.1) is 30.6 Å². The minimum atomic E-state index is -0.280. The van der Waals surface area contributed by atoms with Gasteiger partial charge in [-0.05, 0) is 92.6 Å². The molecule has 1 aromatic carbocycles. The van der Waals surface area contributed by atoms with E-state index in [9.17, 15) is 4.79 Å². The Hall–Kier alpha value is -4.28. The first-order valence-corrected chi connectivity index (χ1v) is 13.3. The first-order valence-electron chi connectivity index (χ1n) is 12.9. The van der Waals surface area contributed by atoms with E-state index in [0.29, 0.717) is 16.5 Å². The molecule has 40 heavy (non-hydrogen) atoms. The van der Waals surface area contributed by atoms with E-state index in [1.807, 2.05) is 48.7 Å². The molecular formula is C30H32N6O3S. The monoisotopic (exact) mass is 556 g/mol. The summed E-state index contributed by atoms with van der Waals surface area (Å²) in [5.41, 5.74) is 6.54. The second-order valence-electron chi connectivity index (χ2n) is 9.72. The van der Waals surface area contributed by atoms with Crippen molar-refractivity contribution in [1.82, 2.24) is 19.9 Å². The Morgan fingerprint density at radius 2 is 1.88 bits per heavy atom. The molecule has 0 aliphatic carbocycles. The molecule has 1 saturated heterocycles. The maximum Gasteiger partial charge on any atom is 0.250 e. The summed E-state index contributed by atoms with van der Waals surface area (Å²) in [6.07, 6.45) is 3.62. The van der Waals surface area contributed by atoms with Crippen LogP contribution in [-0.4, -0.2) is 46.4 Å². The van der Waals surface area contributed by atoms with Gasteiger partial charge in [0.2, 0.25) is 5.91 Å². The van der Waals surface area contributed by atoms with Crippen LogP contribution in [0.25, 0.3) is 5.82 Å². The molecule has 0 radical (unpaired) electrons. The molecule has 2 atom stereocenters. The van der Waals surface area contributed by atoms with E-state index in [0.717, 1.165) is 39.7 Å². The molecule has 9 nitrogen and oxygen atoms in total. The summed E-state index contributed by atoms with van der Waals surface area (Å²) in [5.74, 6) is 1.12. The molecule has 1 fully saturated rings. The van der Waals surface area contributed by atoms with E-state index in [1.165, 1.54) is 7.11 Å². The van der Waals surface area contributed by atoms with Crippen molar-refractivity contribution in [3.05, 3.63) is 95.2 Å². The Balaban J connectivity index is 1.65. The second kappa shape index (κ2) is 11.4. The van der Waals surface area contributed by atoms with Crippen molar-refractivity contribution in [1.29, 1.82) is 0 Å². The number of anilines is 2. The zero-order valence-electron chi connectivity index (χ0n) is 23.1. The van der Waals surface area contributed by atoms with E-state index >= 15 is 0 Å². The number of rotatable bonds is 8. The van der Waals surface area contributed by atoms with Gasteiger partial charge in [0, 0.05) is 36.6 Å². The van der Waals surface area contributed by atoms with Crippen LogP contribution in [-0.2, 0) is 9.53 Å². The lowest BCUT2D eigenvalue weighted by Gasteiger charge is -2.29. The molecule has 0 bridgehead atoms. The highest BCUT2D eigenvalue weighted by molar-refractivity contribution is 7.80. The molecular weight excluding hydrogens is 524 g/mol. The number of ether oxygens (including phenoxy) is 2. The highest BCUT2D eigenvalue weighted by Crippen LogP contribution is 2.45. The zero-order chi connectivity index (χ0) is 28.4. The maximum absolute atomic E-state index is 12.4. The molecule has 0 saturated carbocycles. The van der Waals surface area contributed by atoms with Crippen molar-refractivity contribution in [3.63, 3.8) is 0 Å². The molecule has 4 heterocycles. The molecule has 0 unspecified atom stereocenters. The number of benzene rings is 1. The number of carbonyl (C=O) groups excluding carboxylic acids is 1.